The van der Waals surface area contributed by atoms with E-state index in [1.807, 2.05) is 0 Å². The highest BCUT2D eigenvalue weighted by Crippen LogP contribution is 2.35. The summed E-state index contributed by atoms with van der Waals surface area (Å²) in [6.07, 6.45) is 3.94. The lowest BCUT2D eigenvalue weighted by molar-refractivity contribution is 0.0611. The Kier molecular flexibility index (Phi) is 3.77. The molecule has 0 radical (unpaired) electrons. The van der Waals surface area contributed by atoms with Crippen LogP contribution in [0.4, 0.5) is 0 Å². The van der Waals surface area contributed by atoms with Crippen LogP contribution in [0.15, 0.2) is 11.6 Å². The minimum absolute atomic E-state index is 0.381. The largest absolute Gasteiger partial charge is 0.310 e. The molecule has 1 aliphatic carbocycles. The Morgan fingerprint density at radius 3 is 2.46 bits per heavy atom. The average Bonchev–Trinajstić information content (AvgIpc) is 1.93. The van der Waals surface area contributed by atoms with Crippen molar-refractivity contribution in [3.63, 3.8) is 0 Å². The van der Waals surface area contributed by atoms with Crippen LogP contribution in [0.2, 0.25) is 0 Å². The molecule has 0 aromatic rings. The third kappa shape index (κ3) is 2.70. The van der Waals surface area contributed by atoms with Gasteiger partial charge >= 0.3 is 0 Å². The first kappa shape index (κ1) is 11.0. The zero-order valence-corrected chi connectivity index (χ0v) is 9.32. The lowest BCUT2D eigenvalue weighted by Crippen LogP contribution is -2.56. The topological polar surface area (TPSA) is 15.3 Å². The van der Waals surface area contributed by atoms with Crippen LogP contribution in [0.3, 0.4) is 0 Å². The number of likely N-dealkylation sites (N-methyl/N-ethyl adjacent to an activating group) is 1. The molecule has 1 aliphatic rings. The maximum Gasteiger partial charge on any atom is 0.0328 e. The number of nitrogens with zero attached hydrogens (tertiary/aromatic N) is 1. The number of hydrogen-bond acceptors (Lipinski definition) is 2. The van der Waals surface area contributed by atoms with E-state index in [4.69, 9.17) is 11.6 Å². The van der Waals surface area contributed by atoms with Crippen molar-refractivity contribution in [3.05, 3.63) is 11.6 Å². The fourth-order valence-electron chi connectivity index (χ4n) is 1.80. The highest BCUT2D eigenvalue weighted by Gasteiger charge is 2.38. The van der Waals surface area contributed by atoms with Gasteiger partial charge in [0.25, 0.3) is 0 Å². The summed E-state index contributed by atoms with van der Waals surface area (Å²) in [6, 6.07) is 0. The van der Waals surface area contributed by atoms with Gasteiger partial charge < -0.3 is 10.2 Å². The van der Waals surface area contributed by atoms with Crippen molar-refractivity contribution in [1.29, 1.82) is 0 Å². The Balaban J connectivity index is 2.28. The van der Waals surface area contributed by atoms with Crippen LogP contribution in [0, 0.1) is 0 Å². The summed E-state index contributed by atoms with van der Waals surface area (Å²) in [5.41, 5.74) is 0.381. The molecule has 0 saturated heterocycles. The standard InChI is InChI=1S/C10H19ClN2/c1-9(11)7-12-8-10(13(2)3)5-4-6-10/h12H,1,4-8H2,2-3H3. The van der Waals surface area contributed by atoms with Gasteiger partial charge in [0.15, 0.2) is 0 Å². The molecule has 1 rings (SSSR count). The molecule has 0 aromatic carbocycles. The van der Waals surface area contributed by atoms with Crippen molar-refractivity contribution in [1.82, 2.24) is 10.2 Å². The molecular formula is C10H19ClN2. The predicted octanol–water partition coefficient (Wildman–Crippen LogP) is 1.81. The van der Waals surface area contributed by atoms with E-state index in [-0.39, 0.29) is 0 Å². The molecular weight excluding hydrogens is 184 g/mol. The Bertz CT molecular complexity index is 185. The van der Waals surface area contributed by atoms with Crippen molar-refractivity contribution in [2.75, 3.05) is 27.2 Å². The molecule has 0 bridgehead atoms. The summed E-state index contributed by atoms with van der Waals surface area (Å²) in [7, 11) is 4.30. The molecule has 1 fully saturated rings. The van der Waals surface area contributed by atoms with Gasteiger partial charge in [-0.2, -0.15) is 0 Å². The number of halogens is 1. The third-order valence-electron chi connectivity index (χ3n) is 3.00. The summed E-state index contributed by atoms with van der Waals surface area (Å²) >= 11 is 5.68. The quantitative estimate of drug-likeness (QED) is 0.732. The Morgan fingerprint density at radius 1 is 1.54 bits per heavy atom. The monoisotopic (exact) mass is 202 g/mol. The predicted molar refractivity (Wildman–Crippen MR) is 58.1 cm³/mol. The fourth-order valence-corrected chi connectivity index (χ4v) is 1.89. The summed E-state index contributed by atoms with van der Waals surface area (Å²) in [5, 5.41) is 4.02. The maximum atomic E-state index is 5.68. The van der Waals surface area contributed by atoms with E-state index in [1.165, 1.54) is 19.3 Å². The summed E-state index contributed by atoms with van der Waals surface area (Å²) in [5.74, 6) is 0. The molecule has 0 heterocycles. The summed E-state index contributed by atoms with van der Waals surface area (Å²) in [6.45, 7) is 5.39. The van der Waals surface area contributed by atoms with Gasteiger partial charge in [-0.05, 0) is 33.4 Å². The van der Waals surface area contributed by atoms with Gasteiger partial charge in [0.05, 0.1) is 0 Å². The van der Waals surface area contributed by atoms with Gasteiger partial charge in [-0.15, -0.1) is 0 Å². The lowest BCUT2D eigenvalue weighted by atomic mass is 9.75. The second-order valence-corrected chi connectivity index (χ2v) is 4.63. The molecule has 76 valence electrons. The average molecular weight is 203 g/mol. The molecule has 1 N–H and O–H groups in total. The van der Waals surface area contributed by atoms with Crippen LogP contribution in [0.5, 0.6) is 0 Å². The smallest absolute Gasteiger partial charge is 0.0328 e. The summed E-state index contributed by atoms with van der Waals surface area (Å²) in [4.78, 5) is 2.32. The van der Waals surface area contributed by atoms with Crippen molar-refractivity contribution in [2.45, 2.75) is 24.8 Å². The summed E-state index contributed by atoms with van der Waals surface area (Å²) < 4.78 is 0. The Labute approximate surface area is 85.9 Å². The van der Waals surface area contributed by atoms with Crippen LogP contribution in [-0.2, 0) is 0 Å². The molecule has 2 nitrogen and oxygen atoms in total. The molecule has 0 spiro atoms. The SMILES string of the molecule is C=C(Cl)CNCC1(N(C)C)CCC1. The molecule has 13 heavy (non-hydrogen) atoms. The number of nitrogens with one attached hydrogen (secondary N) is 1. The maximum absolute atomic E-state index is 5.68. The molecule has 0 unspecified atom stereocenters. The van der Waals surface area contributed by atoms with Gasteiger partial charge in [-0.25, -0.2) is 0 Å². The highest BCUT2D eigenvalue weighted by molar-refractivity contribution is 6.29. The molecule has 0 aliphatic heterocycles. The molecule has 0 amide bonds. The van der Waals surface area contributed by atoms with Crippen LogP contribution < -0.4 is 5.32 Å². The van der Waals surface area contributed by atoms with Crippen molar-refractivity contribution >= 4 is 11.6 Å². The third-order valence-corrected chi connectivity index (χ3v) is 3.14. The number of hydrogen-bond donors (Lipinski definition) is 1. The van der Waals surface area contributed by atoms with Crippen molar-refractivity contribution in [2.24, 2.45) is 0 Å². The molecule has 3 heteroatoms. The van der Waals surface area contributed by atoms with Crippen LogP contribution in [0.1, 0.15) is 19.3 Å². The second kappa shape index (κ2) is 4.45. The Morgan fingerprint density at radius 2 is 2.15 bits per heavy atom. The molecule has 1 saturated carbocycles. The highest BCUT2D eigenvalue weighted by atomic mass is 35.5. The van der Waals surface area contributed by atoms with E-state index >= 15 is 0 Å². The van der Waals surface area contributed by atoms with Gasteiger partial charge in [0.2, 0.25) is 0 Å². The van der Waals surface area contributed by atoms with Gasteiger partial charge in [0, 0.05) is 23.7 Å². The minimum Gasteiger partial charge on any atom is -0.310 e. The van der Waals surface area contributed by atoms with Crippen LogP contribution >= 0.6 is 11.6 Å². The first-order chi connectivity index (χ1) is 6.07. The van der Waals surface area contributed by atoms with Crippen molar-refractivity contribution in [3.8, 4) is 0 Å². The normalized spacial score (nSPS) is 20.0. The van der Waals surface area contributed by atoms with E-state index in [2.05, 4.69) is 30.9 Å². The minimum atomic E-state index is 0.381. The fraction of sp³-hybridized carbons (Fsp3) is 0.800. The van der Waals surface area contributed by atoms with E-state index in [0.717, 1.165) is 13.1 Å². The first-order valence-corrected chi connectivity index (χ1v) is 5.16. The van der Waals surface area contributed by atoms with E-state index in [1.54, 1.807) is 0 Å². The van der Waals surface area contributed by atoms with Gasteiger partial charge in [0.1, 0.15) is 0 Å². The van der Waals surface area contributed by atoms with Crippen LogP contribution in [-0.4, -0.2) is 37.6 Å². The van der Waals surface area contributed by atoms with Gasteiger partial charge in [-0.1, -0.05) is 18.2 Å². The zero-order chi connectivity index (χ0) is 9.90. The Hall–Kier alpha value is -0.0500. The second-order valence-electron chi connectivity index (χ2n) is 4.09. The van der Waals surface area contributed by atoms with Crippen molar-refractivity contribution < 1.29 is 0 Å². The number of rotatable bonds is 5. The van der Waals surface area contributed by atoms with E-state index in [9.17, 15) is 0 Å². The first-order valence-electron chi connectivity index (χ1n) is 4.78. The van der Waals surface area contributed by atoms with E-state index in [0.29, 0.717) is 10.6 Å². The molecule has 0 atom stereocenters. The van der Waals surface area contributed by atoms with E-state index < -0.39 is 0 Å². The zero-order valence-electron chi connectivity index (χ0n) is 8.57. The lowest BCUT2D eigenvalue weighted by Gasteiger charge is -2.47. The van der Waals surface area contributed by atoms with Crippen LogP contribution in [0.25, 0.3) is 0 Å². The van der Waals surface area contributed by atoms with Gasteiger partial charge in [-0.3, -0.25) is 0 Å². The molecule has 0 aromatic heterocycles.